The number of ether oxygens (including phenoxy) is 1. The average molecular weight is 170 g/mol. The number of methoxy groups -OCH3 is 1. The third-order valence-electron chi connectivity index (χ3n) is 0.972. The van der Waals surface area contributed by atoms with Gasteiger partial charge in [-0.2, -0.15) is 0 Å². The van der Waals surface area contributed by atoms with Crippen LogP contribution < -0.4 is 5.90 Å². The Labute approximate surface area is 66.0 Å². The van der Waals surface area contributed by atoms with Crippen LogP contribution in [-0.2, 0) is 14.4 Å². The fourth-order valence-electron chi connectivity index (χ4n) is 0.294. The number of hydrogen-bond acceptors (Lipinski definition) is 4. The third kappa shape index (κ3) is 3.00. The predicted octanol–water partition coefficient (Wildman–Crippen LogP) is 0.250. The summed E-state index contributed by atoms with van der Waals surface area (Å²) >= 11 is 0. The Morgan fingerprint density at radius 1 is 1.50 bits per heavy atom. The zero-order valence-electron chi connectivity index (χ0n) is 6.21. The maximum atomic E-state index is 10.6. The molecule has 0 saturated carbocycles. The lowest BCUT2D eigenvalue weighted by Gasteiger charge is -2.17. The molecule has 4 nitrogen and oxygen atoms in total. The lowest BCUT2D eigenvalue weighted by molar-refractivity contribution is -0.165. The highest BCUT2D eigenvalue weighted by Gasteiger charge is 2.28. The first-order chi connectivity index (χ1) is 4.04. The van der Waals surface area contributed by atoms with Gasteiger partial charge in [-0.25, -0.2) is 10.7 Å². The van der Waals surface area contributed by atoms with Gasteiger partial charge in [-0.05, 0) is 13.8 Å². The molecule has 0 spiro atoms. The molecule has 0 aliphatic carbocycles. The number of halogens is 1. The van der Waals surface area contributed by atoms with E-state index in [0.717, 1.165) is 0 Å². The van der Waals surface area contributed by atoms with E-state index in [4.69, 9.17) is 5.90 Å². The Kier molecular flexibility index (Phi) is 5.55. The topological polar surface area (TPSA) is 61.5 Å². The second kappa shape index (κ2) is 4.49. The van der Waals surface area contributed by atoms with Crippen molar-refractivity contribution in [2.45, 2.75) is 19.4 Å². The van der Waals surface area contributed by atoms with Gasteiger partial charge < -0.3 is 4.74 Å². The van der Waals surface area contributed by atoms with E-state index in [-0.39, 0.29) is 12.4 Å². The van der Waals surface area contributed by atoms with Gasteiger partial charge in [0.05, 0.1) is 7.11 Å². The van der Waals surface area contributed by atoms with Crippen LogP contribution in [0.2, 0.25) is 0 Å². The van der Waals surface area contributed by atoms with Crippen LogP contribution in [-0.4, -0.2) is 18.7 Å². The fourth-order valence-corrected chi connectivity index (χ4v) is 0.294. The Morgan fingerprint density at radius 3 is 2.00 bits per heavy atom. The largest absolute Gasteiger partial charge is 0.467 e. The van der Waals surface area contributed by atoms with Crippen LogP contribution in [0.15, 0.2) is 0 Å². The van der Waals surface area contributed by atoms with Crippen molar-refractivity contribution in [3.8, 4) is 0 Å². The van der Waals surface area contributed by atoms with Gasteiger partial charge in [-0.15, -0.1) is 12.4 Å². The molecule has 10 heavy (non-hydrogen) atoms. The third-order valence-corrected chi connectivity index (χ3v) is 0.972. The molecule has 0 amide bonds. The van der Waals surface area contributed by atoms with E-state index < -0.39 is 11.6 Å². The van der Waals surface area contributed by atoms with Crippen molar-refractivity contribution >= 4 is 18.4 Å². The van der Waals surface area contributed by atoms with Crippen molar-refractivity contribution < 1.29 is 14.4 Å². The fraction of sp³-hybridized carbons (Fsp3) is 0.800. The highest BCUT2D eigenvalue weighted by Crippen LogP contribution is 2.06. The molecule has 0 radical (unpaired) electrons. The molecular formula is C5H12ClNO3. The average Bonchev–Trinajstić information content (AvgIpc) is 1.86. The van der Waals surface area contributed by atoms with Crippen LogP contribution in [0.1, 0.15) is 13.8 Å². The van der Waals surface area contributed by atoms with Crippen molar-refractivity contribution in [2.24, 2.45) is 5.90 Å². The number of rotatable bonds is 2. The van der Waals surface area contributed by atoms with Gasteiger partial charge in [-0.3, -0.25) is 4.84 Å². The van der Waals surface area contributed by atoms with Gasteiger partial charge in [0.2, 0.25) is 0 Å². The molecule has 62 valence electrons. The van der Waals surface area contributed by atoms with Crippen molar-refractivity contribution in [2.75, 3.05) is 7.11 Å². The molecule has 0 atom stereocenters. The molecule has 5 heteroatoms. The Hall–Kier alpha value is -0.320. The minimum atomic E-state index is -1.03. The number of carbonyl (C=O) groups excluding carboxylic acids is 1. The number of esters is 1. The van der Waals surface area contributed by atoms with Crippen LogP contribution in [0.3, 0.4) is 0 Å². The van der Waals surface area contributed by atoms with Crippen molar-refractivity contribution in [1.29, 1.82) is 0 Å². The second-order valence-electron chi connectivity index (χ2n) is 2.12. The van der Waals surface area contributed by atoms with E-state index in [1.165, 1.54) is 21.0 Å². The lowest BCUT2D eigenvalue weighted by atomic mass is 10.1. The SMILES string of the molecule is COC(=O)C(C)(C)ON.Cl. The molecule has 0 aromatic heterocycles. The predicted molar refractivity (Wildman–Crippen MR) is 38.6 cm³/mol. The summed E-state index contributed by atoms with van der Waals surface area (Å²) in [5.41, 5.74) is -1.03. The Morgan fingerprint density at radius 2 is 1.90 bits per heavy atom. The van der Waals surface area contributed by atoms with Crippen molar-refractivity contribution in [3.05, 3.63) is 0 Å². The van der Waals surface area contributed by atoms with Gasteiger partial charge in [0.15, 0.2) is 5.60 Å². The molecule has 2 N–H and O–H groups in total. The Balaban J connectivity index is 0. The summed E-state index contributed by atoms with van der Waals surface area (Å²) < 4.78 is 4.36. The lowest BCUT2D eigenvalue weighted by Crippen LogP contribution is -2.38. The van der Waals surface area contributed by atoms with Crippen LogP contribution >= 0.6 is 12.4 Å². The van der Waals surface area contributed by atoms with Gasteiger partial charge >= 0.3 is 5.97 Å². The highest BCUT2D eigenvalue weighted by atomic mass is 35.5. The first-order valence-corrected chi connectivity index (χ1v) is 2.51. The molecular weight excluding hydrogens is 158 g/mol. The van der Waals surface area contributed by atoms with Crippen LogP contribution in [0, 0.1) is 0 Å². The van der Waals surface area contributed by atoms with E-state index in [9.17, 15) is 4.79 Å². The van der Waals surface area contributed by atoms with Gasteiger partial charge in [-0.1, -0.05) is 0 Å². The van der Waals surface area contributed by atoms with E-state index >= 15 is 0 Å². The van der Waals surface area contributed by atoms with Crippen LogP contribution in [0.4, 0.5) is 0 Å². The molecule has 0 rings (SSSR count). The first kappa shape index (κ1) is 12.4. The van der Waals surface area contributed by atoms with Crippen molar-refractivity contribution in [3.63, 3.8) is 0 Å². The minimum Gasteiger partial charge on any atom is -0.467 e. The number of hydrogen-bond donors (Lipinski definition) is 1. The maximum Gasteiger partial charge on any atom is 0.339 e. The van der Waals surface area contributed by atoms with E-state index in [2.05, 4.69) is 9.57 Å². The van der Waals surface area contributed by atoms with Gasteiger partial charge in [0.1, 0.15) is 0 Å². The summed E-state index contributed by atoms with van der Waals surface area (Å²) in [5, 5.41) is 0. The monoisotopic (exact) mass is 169 g/mol. The zero-order chi connectivity index (χ0) is 7.49. The zero-order valence-corrected chi connectivity index (χ0v) is 7.03. The summed E-state index contributed by atoms with van der Waals surface area (Å²) in [7, 11) is 1.28. The number of carbonyl (C=O) groups is 1. The van der Waals surface area contributed by atoms with Crippen LogP contribution in [0.25, 0.3) is 0 Å². The summed E-state index contributed by atoms with van der Waals surface area (Å²) in [6.45, 7) is 3.05. The van der Waals surface area contributed by atoms with Crippen LogP contribution in [0.5, 0.6) is 0 Å². The summed E-state index contributed by atoms with van der Waals surface area (Å²) in [6.07, 6.45) is 0. The minimum absolute atomic E-state index is 0. The molecule has 0 aliphatic rings. The summed E-state index contributed by atoms with van der Waals surface area (Å²) in [5.74, 6) is 4.30. The number of nitrogens with two attached hydrogens (primary N) is 1. The highest BCUT2D eigenvalue weighted by molar-refractivity contribution is 5.85. The molecule has 0 bridgehead atoms. The standard InChI is InChI=1S/C5H11NO3.ClH/c1-5(2,9-6)4(7)8-3;/h6H2,1-3H3;1H. The molecule has 0 fully saturated rings. The second-order valence-corrected chi connectivity index (χ2v) is 2.12. The Bertz CT molecular complexity index is 115. The molecule has 0 aromatic rings. The van der Waals surface area contributed by atoms with Gasteiger partial charge in [0, 0.05) is 0 Å². The van der Waals surface area contributed by atoms with Gasteiger partial charge in [0.25, 0.3) is 0 Å². The molecule has 0 aliphatic heterocycles. The first-order valence-electron chi connectivity index (χ1n) is 2.51. The van der Waals surface area contributed by atoms with Crippen molar-refractivity contribution in [1.82, 2.24) is 0 Å². The van der Waals surface area contributed by atoms with E-state index in [1.54, 1.807) is 0 Å². The molecule has 0 heterocycles. The molecule has 0 unspecified atom stereocenters. The quantitative estimate of drug-likeness (QED) is 0.476. The molecule has 0 saturated heterocycles. The maximum absolute atomic E-state index is 10.6. The van der Waals surface area contributed by atoms with E-state index in [1.807, 2.05) is 0 Å². The molecule has 0 aromatic carbocycles. The van der Waals surface area contributed by atoms with E-state index in [0.29, 0.717) is 0 Å². The summed E-state index contributed by atoms with van der Waals surface area (Å²) in [6, 6.07) is 0. The summed E-state index contributed by atoms with van der Waals surface area (Å²) in [4.78, 5) is 15.0. The smallest absolute Gasteiger partial charge is 0.339 e. The normalized spacial score (nSPS) is 10.0.